The van der Waals surface area contributed by atoms with Gasteiger partial charge in [-0.2, -0.15) is 0 Å². The van der Waals surface area contributed by atoms with Crippen molar-refractivity contribution < 1.29 is 9.59 Å². The van der Waals surface area contributed by atoms with E-state index in [1.165, 1.54) is 12.4 Å². The molecule has 2 N–H and O–H groups in total. The van der Waals surface area contributed by atoms with E-state index in [1.807, 2.05) is 45.9 Å². The maximum absolute atomic E-state index is 12.4. The third-order valence-corrected chi connectivity index (χ3v) is 3.41. The van der Waals surface area contributed by atoms with Gasteiger partial charge < -0.3 is 10.6 Å². The third kappa shape index (κ3) is 4.91. The molecule has 2 amide bonds. The van der Waals surface area contributed by atoms with E-state index in [-0.39, 0.29) is 11.8 Å². The third-order valence-electron chi connectivity index (χ3n) is 3.41. The lowest BCUT2D eigenvalue weighted by Crippen LogP contribution is -2.27. The summed E-state index contributed by atoms with van der Waals surface area (Å²) in [7, 11) is 0. The van der Waals surface area contributed by atoms with E-state index in [1.54, 1.807) is 6.07 Å². The molecule has 126 valence electrons. The zero-order valence-electron chi connectivity index (χ0n) is 14.5. The Balaban J connectivity index is 2.12. The minimum atomic E-state index is -0.286. The number of carbonyl (C=O) groups excluding carboxylic acids is 2. The van der Waals surface area contributed by atoms with Gasteiger partial charge in [0, 0.05) is 24.6 Å². The van der Waals surface area contributed by atoms with Gasteiger partial charge in [0.2, 0.25) is 0 Å². The smallest absolute Gasteiger partial charge is 0.257 e. The molecule has 0 aliphatic rings. The zero-order chi connectivity index (χ0) is 17.7. The van der Waals surface area contributed by atoms with E-state index in [0.29, 0.717) is 23.6 Å². The van der Waals surface area contributed by atoms with Gasteiger partial charge in [-0.15, -0.1) is 0 Å². The normalized spacial score (nSPS) is 10.5. The number of aryl methyl sites for hydroxylation is 2. The number of rotatable bonds is 5. The lowest BCUT2D eigenvalue weighted by atomic mass is 10.1. The second-order valence-corrected chi connectivity index (χ2v) is 6.40. The Bertz CT molecular complexity index is 734. The van der Waals surface area contributed by atoms with Crippen molar-refractivity contribution in [1.82, 2.24) is 10.3 Å². The molecule has 0 atom stereocenters. The quantitative estimate of drug-likeness (QED) is 0.885. The highest BCUT2D eigenvalue weighted by atomic mass is 16.2. The molecule has 2 rings (SSSR count). The van der Waals surface area contributed by atoms with E-state index in [2.05, 4.69) is 15.6 Å². The van der Waals surface area contributed by atoms with Crippen LogP contribution in [0.1, 0.15) is 45.7 Å². The van der Waals surface area contributed by atoms with Crippen LogP contribution < -0.4 is 10.6 Å². The van der Waals surface area contributed by atoms with Crippen molar-refractivity contribution in [1.29, 1.82) is 0 Å². The minimum Gasteiger partial charge on any atom is -0.352 e. The maximum atomic E-state index is 12.4. The SMILES string of the molecule is Cc1cc(C)cc(NC(=O)c2cncc(C(=O)NCC(C)C)c2)c1. The van der Waals surface area contributed by atoms with Crippen molar-refractivity contribution in [3.63, 3.8) is 0 Å². The van der Waals surface area contributed by atoms with Crippen molar-refractivity contribution in [2.75, 3.05) is 11.9 Å². The standard InChI is InChI=1S/C19H23N3O2/c1-12(2)9-21-18(23)15-8-16(11-20-10-15)19(24)22-17-6-13(3)5-14(4)7-17/h5-8,10-12H,9H2,1-4H3,(H,21,23)(H,22,24). The molecule has 0 radical (unpaired) electrons. The Morgan fingerprint density at radius 3 is 2.12 bits per heavy atom. The van der Waals surface area contributed by atoms with Gasteiger partial charge in [-0.05, 0) is 49.1 Å². The largest absolute Gasteiger partial charge is 0.352 e. The van der Waals surface area contributed by atoms with Crippen molar-refractivity contribution in [2.45, 2.75) is 27.7 Å². The highest BCUT2D eigenvalue weighted by Crippen LogP contribution is 2.15. The summed E-state index contributed by atoms with van der Waals surface area (Å²) < 4.78 is 0. The van der Waals surface area contributed by atoms with Gasteiger partial charge in [-0.1, -0.05) is 19.9 Å². The first-order valence-corrected chi connectivity index (χ1v) is 7.98. The van der Waals surface area contributed by atoms with E-state index in [0.717, 1.165) is 16.8 Å². The first kappa shape index (κ1) is 17.7. The molecule has 0 aliphatic heterocycles. The Labute approximate surface area is 142 Å². The summed E-state index contributed by atoms with van der Waals surface area (Å²) in [4.78, 5) is 28.5. The summed E-state index contributed by atoms with van der Waals surface area (Å²) >= 11 is 0. The molecule has 0 unspecified atom stereocenters. The van der Waals surface area contributed by atoms with Crippen LogP contribution in [0.3, 0.4) is 0 Å². The van der Waals surface area contributed by atoms with Crippen LogP contribution in [0.15, 0.2) is 36.7 Å². The molecule has 5 heteroatoms. The second-order valence-electron chi connectivity index (χ2n) is 6.40. The van der Waals surface area contributed by atoms with Gasteiger partial charge in [-0.25, -0.2) is 0 Å². The molecule has 1 heterocycles. The Hall–Kier alpha value is -2.69. The van der Waals surface area contributed by atoms with E-state index < -0.39 is 0 Å². The number of hydrogen-bond donors (Lipinski definition) is 2. The summed E-state index contributed by atoms with van der Waals surface area (Å²) in [5.74, 6) is -0.152. The number of nitrogens with one attached hydrogen (secondary N) is 2. The lowest BCUT2D eigenvalue weighted by Gasteiger charge is -2.10. The maximum Gasteiger partial charge on any atom is 0.257 e. The van der Waals surface area contributed by atoms with Gasteiger partial charge in [0.25, 0.3) is 11.8 Å². The van der Waals surface area contributed by atoms with Crippen LogP contribution in [-0.2, 0) is 0 Å². The molecule has 0 saturated heterocycles. The second kappa shape index (κ2) is 7.73. The summed E-state index contributed by atoms with van der Waals surface area (Å²) in [5, 5.41) is 5.66. The number of nitrogens with zero attached hydrogens (tertiary/aromatic N) is 1. The highest BCUT2D eigenvalue weighted by molar-refractivity contribution is 6.05. The van der Waals surface area contributed by atoms with Crippen molar-refractivity contribution >= 4 is 17.5 Å². The van der Waals surface area contributed by atoms with Crippen LogP contribution in [0.5, 0.6) is 0 Å². The molecule has 5 nitrogen and oxygen atoms in total. The summed E-state index contributed by atoms with van der Waals surface area (Å²) in [6, 6.07) is 7.40. The Kier molecular flexibility index (Phi) is 5.68. The van der Waals surface area contributed by atoms with Crippen molar-refractivity contribution in [3.05, 3.63) is 58.9 Å². The van der Waals surface area contributed by atoms with Gasteiger partial charge in [0.15, 0.2) is 0 Å². The lowest BCUT2D eigenvalue weighted by molar-refractivity contribution is 0.0948. The fourth-order valence-electron chi connectivity index (χ4n) is 2.34. The molecule has 1 aromatic carbocycles. The molecule has 0 fully saturated rings. The van der Waals surface area contributed by atoms with E-state index >= 15 is 0 Å². The van der Waals surface area contributed by atoms with Gasteiger partial charge in [0.05, 0.1) is 11.1 Å². The zero-order valence-corrected chi connectivity index (χ0v) is 14.5. The molecular formula is C19H23N3O2. The fraction of sp³-hybridized carbons (Fsp3) is 0.316. The van der Waals surface area contributed by atoms with Crippen LogP contribution >= 0.6 is 0 Å². The molecule has 0 aliphatic carbocycles. The van der Waals surface area contributed by atoms with Crippen LogP contribution in [-0.4, -0.2) is 23.3 Å². The average Bonchev–Trinajstić information content (AvgIpc) is 2.51. The predicted octanol–water partition coefficient (Wildman–Crippen LogP) is 3.34. The molecule has 0 spiro atoms. The first-order chi connectivity index (χ1) is 11.3. The number of benzene rings is 1. The molecule has 2 aromatic rings. The van der Waals surface area contributed by atoms with Crippen LogP contribution in [0, 0.1) is 19.8 Å². The van der Waals surface area contributed by atoms with Crippen molar-refractivity contribution in [2.24, 2.45) is 5.92 Å². The van der Waals surface area contributed by atoms with Crippen LogP contribution in [0.2, 0.25) is 0 Å². The fourth-order valence-corrected chi connectivity index (χ4v) is 2.34. The molecule has 1 aromatic heterocycles. The summed E-state index contributed by atoms with van der Waals surface area (Å²) in [6.45, 7) is 8.57. The summed E-state index contributed by atoms with van der Waals surface area (Å²) in [6.07, 6.45) is 2.92. The topological polar surface area (TPSA) is 71.1 Å². The number of pyridine rings is 1. The first-order valence-electron chi connectivity index (χ1n) is 7.98. The molecular weight excluding hydrogens is 302 g/mol. The number of carbonyl (C=O) groups is 2. The summed E-state index contributed by atoms with van der Waals surface area (Å²) in [5.41, 5.74) is 3.61. The van der Waals surface area contributed by atoms with Crippen molar-refractivity contribution in [3.8, 4) is 0 Å². The predicted molar refractivity (Wildman–Crippen MR) is 95.3 cm³/mol. The van der Waals surface area contributed by atoms with Crippen LogP contribution in [0.4, 0.5) is 5.69 Å². The van der Waals surface area contributed by atoms with Crippen LogP contribution in [0.25, 0.3) is 0 Å². The van der Waals surface area contributed by atoms with Gasteiger partial charge in [0.1, 0.15) is 0 Å². The number of amides is 2. The monoisotopic (exact) mass is 325 g/mol. The minimum absolute atomic E-state index is 0.225. The highest BCUT2D eigenvalue weighted by Gasteiger charge is 2.12. The molecule has 0 bridgehead atoms. The number of hydrogen-bond acceptors (Lipinski definition) is 3. The Morgan fingerprint density at radius 2 is 1.54 bits per heavy atom. The van der Waals surface area contributed by atoms with Gasteiger partial charge in [-0.3, -0.25) is 14.6 Å². The number of aromatic nitrogens is 1. The number of anilines is 1. The molecule has 0 saturated carbocycles. The van der Waals surface area contributed by atoms with E-state index in [9.17, 15) is 9.59 Å². The molecule has 24 heavy (non-hydrogen) atoms. The van der Waals surface area contributed by atoms with Gasteiger partial charge >= 0.3 is 0 Å². The average molecular weight is 325 g/mol. The van der Waals surface area contributed by atoms with E-state index in [4.69, 9.17) is 0 Å². The Morgan fingerprint density at radius 1 is 0.958 bits per heavy atom.